The molecule has 0 bridgehead atoms. The van der Waals surface area contributed by atoms with Crippen LogP contribution in [0.2, 0.25) is 0 Å². The molecule has 1 saturated heterocycles. The number of hydrogen-bond donors (Lipinski definition) is 1. The molecule has 0 saturated carbocycles. The van der Waals surface area contributed by atoms with Gasteiger partial charge in [0.2, 0.25) is 5.91 Å². The summed E-state index contributed by atoms with van der Waals surface area (Å²) in [6.45, 7) is 3.72. The second kappa shape index (κ2) is 9.97. The number of carbonyl (C=O) groups excluding carboxylic acids is 2. The van der Waals surface area contributed by atoms with Crippen molar-refractivity contribution in [2.45, 2.75) is 6.92 Å². The fourth-order valence-corrected chi connectivity index (χ4v) is 3.58. The zero-order chi connectivity index (χ0) is 22.4. The van der Waals surface area contributed by atoms with Gasteiger partial charge in [-0.05, 0) is 55.5 Å². The average Bonchev–Trinajstić information content (AvgIpc) is 2.78. The van der Waals surface area contributed by atoms with E-state index in [0.29, 0.717) is 43.2 Å². The molecule has 8 heteroatoms. The van der Waals surface area contributed by atoms with Crippen LogP contribution < -0.4 is 14.5 Å². The van der Waals surface area contributed by atoms with Gasteiger partial charge in [-0.25, -0.2) is 0 Å². The number of nitrogens with zero attached hydrogens (tertiary/aromatic N) is 3. The van der Waals surface area contributed by atoms with Crippen molar-refractivity contribution in [3.8, 4) is 5.75 Å². The van der Waals surface area contributed by atoms with Crippen LogP contribution in [0.15, 0.2) is 48.5 Å². The van der Waals surface area contributed by atoms with Gasteiger partial charge < -0.3 is 24.5 Å². The van der Waals surface area contributed by atoms with E-state index in [9.17, 15) is 19.5 Å². The highest BCUT2D eigenvalue weighted by Gasteiger charge is 2.24. The number of benzene rings is 2. The van der Waals surface area contributed by atoms with Gasteiger partial charge >= 0.3 is 5.97 Å². The van der Waals surface area contributed by atoms with Crippen molar-refractivity contribution >= 4 is 29.0 Å². The summed E-state index contributed by atoms with van der Waals surface area (Å²) in [4.78, 5) is 41.1. The third-order valence-electron chi connectivity index (χ3n) is 5.36. The van der Waals surface area contributed by atoms with Gasteiger partial charge in [-0.3, -0.25) is 14.4 Å². The lowest BCUT2D eigenvalue weighted by atomic mass is 10.1. The molecular weight excluding hydrogens is 398 g/mol. The van der Waals surface area contributed by atoms with Gasteiger partial charge in [-0.15, -0.1) is 0 Å². The van der Waals surface area contributed by atoms with Gasteiger partial charge in [0.05, 0.1) is 13.7 Å². The number of hydrogen-bond acceptors (Lipinski definition) is 6. The van der Waals surface area contributed by atoms with Gasteiger partial charge in [0.1, 0.15) is 12.3 Å². The second-order valence-electron chi connectivity index (χ2n) is 7.42. The fourth-order valence-electron chi connectivity index (χ4n) is 3.58. The Kier molecular flexibility index (Phi) is 7.12. The standard InChI is InChI=1S/C23H27N3O5/c1-17(27)18-3-5-19(6-4-18)24-11-13-25(14-12-24)22(28)15-26(16-23(29)30)20-7-9-21(31-2)10-8-20/h3-10H,11-16H2,1-2H3,(H,29,30). The van der Waals surface area contributed by atoms with E-state index < -0.39 is 5.97 Å². The number of ether oxygens (including phenoxy) is 1. The van der Waals surface area contributed by atoms with E-state index in [0.717, 1.165) is 5.69 Å². The van der Waals surface area contributed by atoms with Crippen LogP contribution in [0.5, 0.6) is 5.75 Å². The van der Waals surface area contributed by atoms with Crippen LogP contribution in [0.25, 0.3) is 0 Å². The first-order chi connectivity index (χ1) is 14.9. The van der Waals surface area contributed by atoms with Crippen LogP contribution in [0, 0.1) is 0 Å². The summed E-state index contributed by atoms with van der Waals surface area (Å²) in [5.74, 6) is -0.409. The minimum atomic E-state index is -0.998. The molecule has 0 atom stereocenters. The monoisotopic (exact) mass is 425 g/mol. The molecule has 0 radical (unpaired) electrons. The van der Waals surface area contributed by atoms with Gasteiger partial charge in [0.15, 0.2) is 5.78 Å². The van der Waals surface area contributed by atoms with Crippen molar-refractivity contribution in [3.63, 3.8) is 0 Å². The van der Waals surface area contributed by atoms with Crippen molar-refractivity contribution in [1.29, 1.82) is 0 Å². The van der Waals surface area contributed by atoms with E-state index in [1.165, 1.54) is 0 Å². The predicted octanol–water partition coefficient (Wildman–Crippen LogP) is 2.14. The molecule has 2 aromatic carbocycles. The molecule has 2 aromatic rings. The Balaban J connectivity index is 1.60. The van der Waals surface area contributed by atoms with Crippen LogP contribution in [0.1, 0.15) is 17.3 Å². The topological polar surface area (TPSA) is 90.4 Å². The Morgan fingerprint density at radius 1 is 0.935 bits per heavy atom. The minimum absolute atomic E-state index is 0.00800. The predicted molar refractivity (Wildman–Crippen MR) is 118 cm³/mol. The number of carboxylic acids is 1. The lowest BCUT2D eigenvalue weighted by molar-refractivity contribution is -0.135. The molecule has 0 unspecified atom stereocenters. The molecule has 1 N–H and O–H groups in total. The lowest BCUT2D eigenvalue weighted by Crippen LogP contribution is -2.51. The largest absolute Gasteiger partial charge is 0.497 e. The third kappa shape index (κ3) is 5.75. The Morgan fingerprint density at radius 3 is 2.06 bits per heavy atom. The van der Waals surface area contributed by atoms with Crippen molar-refractivity contribution in [2.75, 3.05) is 56.2 Å². The number of methoxy groups -OCH3 is 1. The molecule has 1 amide bonds. The summed E-state index contributed by atoms with van der Waals surface area (Å²) >= 11 is 0. The Morgan fingerprint density at radius 2 is 1.55 bits per heavy atom. The summed E-state index contributed by atoms with van der Waals surface area (Å²) in [5.41, 5.74) is 2.35. The number of piperazine rings is 1. The third-order valence-corrected chi connectivity index (χ3v) is 5.36. The number of amides is 1. The Bertz CT molecular complexity index is 919. The molecular formula is C23H27N3O5. The first kappa shape index (κ1) is 22.1. The van der Waals surface area contributed by atoms with Crippen LogP contribution >= 0.6 is 0 Å². The number of carboxylic acid groups (broad SMARTS) is 1. The maximum absolute atomic E-state index is 12.9. The van der Waals surface area contributed by atoms with Crippen molar-refractivity contribution in [3.05, 3.63) is 54.1 Å². The van der Waals surface area contributed by atoms with E-state index in [1.54, 1.807) is 48.1 Å². The second-order valence-corrected chi connectivity index (χ2v) is 7.42. The van der Waals surface area contributed by atoms with Crippen molar-refractivity contribution in [1.82, 2.24) is 4.90 Å². The van der Waals surface area contributed by atoms with E-state index in [2.05, 4.69) is 4.90 Å². The summed E-state index contributed by atoms with van der Waals surface area (Å²) in [6.07, 6.45) is 0. The quantitative estimate of drug-likeness (QED) is 0.648. The van der Waals surface area contributed by atoms with E-state index in [4.69, 9.17) is 4.74 Å². The molecule has 1 aliphatic heterocycles. The number of aliphatic carboxylic acids is 1. The molecule has 3 rings (SSSR count). The van der Waals surface area contributed by atoms with Gasteiger partial charge in [0.25, 0.3) is 0 Å². The summed E-state index contributed by atoms with van der Waals surface area (Å²) in [6, 6.07) is 14.5. The first-order valence-corrected chi connectivity index (χ1v) is 10.1. The highest BCUT2D eigenvalue weighted by molar-refractivity contribution is 5.94. The number of carbonyl (C=O) groups is 3. The maximum atomic E-state index is 12.9. The van der Waals surface area contributed by atoms with Gasteiger partial charge in [-0.2, -0.15) is 0 Å². The molecule has 1 heterocycles. The van der Waals surface area contributed by atoms with E-state index in [-0.39, 0.29) is 24.8 Å². The summed E-state index contributed by atoms with van der Waals surface area (Å²) in [7, 11) is 1.56. The molecule has 8 nitrogen and oxygen atoms in total. The average molecular weight is 425 g/mol. The van der Waals surface area contributed by atoms with Crippen LogP contribution in [0.3, 0.4) is 0 Å². The lowest BCUT2D eigenvalue weighted by Gasteiger charge is -2.37. The number of rotatable bonds is 8. The maximum Gasteiger partial charge on any atom is 0.323 e. The smallest absolute Gasteiger partial charge is 0.323 e. The van der Waals surface area contributed by atoms with E-state index >= 15 is 0 Å². The molecule has 0 aliphatic carbocycles. The van der Waals surface area contributed by atoms with Crippen LogP contribution in [-0.2, 0) is 9.59 Å². The highest BCUT2D eigenvalue weighted by Crippen LogP contribution is 2.21. The molecule has 31 heavy (non-hydrogen) atoms. The number of Topliss-reactive ketones (excluding diaryl/α,β-unsaturated/α-hetero) is 1. The molecule has 1 aliphatic rings. The normalized spacial score (nSPS) is 13.6. The molecule has 164 valence electrons. The van der Waals surface area contributed by atoms with E-state index in [1.807, 2.05) is 24.3 Å². The van der Waals surface area contributed by atoms with Crippen LogP contribution in [-0.4, -0.2) is 74.0 Å². The molecule has 1 fully saturated rings. The SMILES string of the molecule is COc1ccc(N(CC(=O)O)CC(=O)N2CCN(c3ccc(C(C)=O)cc3)CC2)cc1. The van der Waals surface area contributed by atoms with Crippen molar-refractivity contribution in [2.24, 2.45) is 0 Å². The zero-order valence-corrected chi connectivity index (χ0v) is 17.8. The number of anilines is 2. The summed E-state index contributed by atoms with van der Waals surface area (Å²) in [5, 5.41) is 9.26. The number of ketones is 1. The zero-order valence-electron chi connectivity index (χ0n) is 17.8. The first-order valence-electron chi connectivity index (χ1n) is 10.1. The molecule has 0 aromatic heterocycles. The Labute approximate surface area is 181 Å². The molecule has 0 spiro atoms. The van der Waals surface area contributed by atoms with Gasteiger partial charge in [-0.1, -0.05) is 0 Å². The fraction of sp³-hybridized carbons (Fsp3) is 0.348. The van der Waals surface area contributed by atoms with Gasteiger partial charge in [0, 0.05) is 43.1 Å². The Hall–Kier alpha value is -3.55. The van der Waals surface area contributed by atoms with Crippen molar-refractivity contribution < 1.29 is 24.2 Å². The highest BCUT2D eigenvalue weighted by atomic mass is 16.5. The summed E-state index contributed by atoms with van der Waals surface area (Å²) < 4.78 is 5.14. The minimum Gasteiger partial charge on any atom is -0.497 e. The van der Waals surface area contributed by atoms with Crippen LogP contribution in [0.4, 0.5) is 11.4 Å².